The third kappa shape index (κ3) is 4.26. The molecule has 2 N–H and O–H groups in total. The predicted molar refractivity (Wildman–Crippen MR) is 119 cm³/mol. The van der Waals surface area contributed by atoms with E-state index >= 15 is 0 Å². The maximum Gasteiger partial charge on any atom is 0.418 e. The number of benzene rings is 3. The van der Waals surface area contributed by atoms with Crippen LogP contribution >= 0.6 is 11.6 Å². The Balaban J connectivity index is 1.79. The van der Waals surface area contributed by atoms with Crippen LogP contribution in [0.3, 0.4) is 0 Å². The molecule has 5 nitrogen and oxygen atoms in total. The molecule has 4 rings (SSSR count). The number of nitrogens with zero attached hydrogens (tertiary/aromatic N) is 1. The van der Waals surface area contributed by atoms with Crippen molar-refractivity contribution >= 4 is 29.1 Å². The van der Waals surface area contributed by atoms with Crippen LogP contribution in [0.25, 0.3) is 11.1 Å². The van der Waals surface area contributed by atoms with Crippen molar-refractivity contribution in [3.63, 3.8) is 0 Å². The molecular weight excluding hydrogens is 457 g/mol. The van der Waals surface area contributed by atoms with Crippen LogP contribution in [-0.4, -0.2) is 25.5 Å². The Morgan fingerprint density at radius 3 is 2.55 bits per heavy atom. The van der Waals surface area contributed by atoms with Crippen molar-refractivity contribution in [2.45, 2.75) is 12.6 Å². The highest BCUT2D eigenvalue weighted by Crippen LogP contribution is 2.41. The molecule has 0 unspecified atom stereocenters. The lowest BCUT2D eigenvalue weighted by Gasteiger charge is -2.23. The summed E-state index contributed by atoms with van der Waals surface area (Å²) in [5.74, 6) is -0.959. The number of nitrogens with two attached hydrogens (primary N) is 1. The fourth-order valence-corrected chi connectivity index (χ4v) is 4.02. The number of ether oxygens (including phenoxy) is 1. The first kappa shape index (κ1) is 22.7. The lowest BCUT2D eigenvalue weighted by atomic mass is 9.98. The summed E-state index contributed by atoms with van der Waals surface area (Å²) in [5, 5.41) is 0.155. The van der Waals surface area contributed by atoms with Gasteiger partial charge in [0, 0.05) is 29.6 Å². The molecule has 0 saturated carbocycles. The van der Waals surface area contributed by atoms with Gasteiger partial charge in [0.2, 0.25) is 5.91 Å². The summed E-state index contributed by atoms with van der Waals surface area (Å²) in [6.07, 6.45) is -4.13. The number of rotatable bonds is 4. The minimum atomic E-state index is -4.76. The normalized spacial score (nSPS) is 12.8. The highest BCUT2D eigenvalue weighted by atomic mass is 35.5. The third-order valence-electron chi connectivity index (χ3n) is 5.47. The van der Waals surface area contributed by atoms with Crippen LogP contribution in [-0.2, 0) is 12.6 Å². The van der Waals surface area contributed by atoms with E-state index in [4.69, 9.17) is 22.1 Å². The van der Waals surface area contributed by atoms with Gasteiger partial charge in [-0.1, -0.05) is 29.8 Å². The van der Waals surface area contributed by atoms with Gasteiger partial charge in [-0.2, -0.15) is 13.2 Å². The summed E-state index contributed by atoms with van der Waals surface area (Å²) in [6, 6.07) is 12.6. The van der Waals surface area contributed by atoms with Gasteiger partial charge in [-0.3, -0.25) is 9.59 Å². The number of carbonyl (C=O) groups excluding carboxylic acids is 2. The molecule has 0 radical (unpaired) electrons. The number of para-hydroxylation sites is 1. The second-order valence-electron chi connectivity index (χ2n) is 7.55. The van der Waals surface area contributed by atoms with Crippen molar-refractivity contribution in [1.29, 1.82) is 0 Å². The van der Waals surface area contributed by atoms with Crippen LogP contribution in [0.15, 0.2) is 54.6 Å². The van der Waals surface area contributed by atoms with E-state index in [-0.39, 0.29) is 33.0 Å². The molecule has 1 aliphatic rings. The van der Waals surface area contributed by atoms with Gasteiger partial charge in [0.25, 0.3) is 5.91 Å². The van der Waals surface area contributed by atoms with Crippen LogP contribution < -0.4 is 15.4 Å². The van der Waals surface area contributed by atoms with Crippen LogP contribution in [0, 0.1) is 0 Å². The van der Waals surface area contributed by atoms with Crippen molar-refractivity contribution < 1.29 is 27.5 Å². The molecule has 1 aliphatic heterocycles. The Kier molecular flexibility index (Phi) is 5.80. The van der Waals surface area contributed by atoms with Gasteiger partial charge >= 0.3 is 6.18 Å². The van der Waals surface area contributed by atoms with Crippen LogP contribution in [0.2, 0.25) is 5.02 Å². The van der Waals surface area contributed by atoms with Crippen molar-refractivity contribution in [3.05, 3.63) is 81.9 Å². The molecular formula is C24H18ClF3N2O3. The highest BCUT2D eigenvalue weighted by molar-refractivity contribution is 6.33. The average Bonchev–Trinajstić information content (AvgIpc) is 3.26. The Morgan fingerprint density at radius 1 is 1.09 bits per heavy atom. The lowest BCUT2D eigenvalue weighted by molar-refractivity contribution is -0.137. The molecule has 0 bridgehead atoms. The van der Waals surface area contributed by atoms with Gasteiger partial charge in [0.15, 0.2) is 0 Å². The Bertz CT molecular complexity index is 1270. The zero-order chi connectivity index (χ0) is 23.9. The maximum absolute atomic E-state index is 14.0. The summed E-state index contributed by atoms with van der Waals surface area (Å²) in [4.78, 5) is 25.6. The number of carbonyl (C=O) groups is 2. The fourth-order valence-electron chi connectivity index (χ4n) is 3.80. The SMILES string of the molecule is CN(C(=O)c1cccc2c1OCC2)c1ccc(-c2cc(C(N)=O)ccc2Cl)cc1C(F)(F)F. The standard InChI is InChI=1S/C24H18ClF3N2O3/c1-30(23(32)16-4-2-3-13-9-10-33-21(13)16)20-8-6-14(12-18(20)24(26,27)28)17-11-15(22(29)31)5-7-19(17)25/h2-8,11-12H,9-10H2,1H3,(H2,29,31). The summed E-state index contributed by atoms with van der Waals surface area (Å²) in [7, 11) is 1.28. The first-order valence-corrected chi connectivity index (χ1v) is 10.3. The van der Waals surface area contributed by atoms with Gasteiger partial charge < -0.3 is 15.4 Å². The van der Waals surface area contributed by atoms with Gasteiger partial charge in [-0.25, -0.2) is 0 Å². The van der Waals surface area contributed by atoms with Crippen molar-refractivity contribution in [3.8, 4) is 16.9 Å². The van der Waals surface area contributed by atoms with E-state index in [0.29, 0.717) is 18.8 Å². The minimum Gasteiger partial charge on any atom is -0.492 e. The van der Waals surface area contributed by atoms with Crippen LogP contribution in [0.1, 0.15) is 31.8 Å². The molecule has 0 atom stereocenters. The first-order chi connectivity index (χ1) is 15.6. The van der Waals surface area contributed by atoms with Crippen LogP contribution in [0.5, 0.6) is 5.75 Å². The van der Waals surface area contributed by atoms with Crippen molar-refractivity contribution in [1.82, 2.24) is 0 Å². The molecule has 1 heterocycles. The third-order valence-corrected chi connectivity index (χ3v) is 5.80. The summed E-state index contributed by atoms with van der Waals surface area (Å²) < 4.78 is 47.6. The van der Waals surface area contributed by atoms with E-state index < -0.39 is 23.6 Å². The summed E-state index contributed by atoms with van der Waals surface area (Å²) in [6.45, 7) is 0.414. The second-order valence-corrected chi connectivity index (χ2v) is 7.95. The van der Waals surface area contributed by atoms with E-state index in [1.54, 1.807) is 6.07 Å². The number of fused-ring (bicyclic) bond motifs is 1. The molecule has 170 valence electrons. The smallest absolute Gasteiger partial charge is 0.418 e. The zero-order valence-corrected chi connectivity index (χ0v) is 18.1. The number of anilines is 1. The molecule has 9 heteroatoms. The van der Waals surface area contributed by atoms with Gasteiger partial charge in [0.05, 0.1) is 23.4 Å². The monoisotopic (exact) mass is 474 g/mol. The Hall–Kier alpha value is -3.52. The molecule has 3 aromatic carbocycles. The quantitative estimate of drug-likeness (QED) is 0.555. The fraction of sp³-hybridized carbons (Fsp3) is 0.167. The van der Waals surface area contributed by atoms with E-state index in [0.717, 1.165) is 16.5 Å². The number of hydrogen-bond donors (Lipinski definition) is 1. The zero-order valence-electron chi connectivity index (χ0n) is 17.4. The van der Waals surface area contributed by atoms with Gasteiger partial charge in [-0.15, -0.1) is 0 Å². The van der Waals surface area contributed by atoms with Crippen molar-refractivity contribution in [2.75, 3.05) is 18.6 Å². The number of alkyl halides is 3. The number of hydrogen-bond acceptors (Lipinski definition) is 3. The lowest BCUT2D eigenvalue weighted by Crippen LogP contribution is -2.29. The van der Waals surface area contributed by atoms with E-state index in [9.17, 15) is 22.8 Å². The summed E-state index contributed by atoms with van der Waals surface area (Å²) >= 11 is 6.18. The Labute approximate surface area is 192 Å². The molecule has 0 aromatic heterocycles. The second kappa shape index (κ2) is 8.44. The first-order valence-electron chi connectivity index (χ1n) is 9.91. The molecule has 2 amide bonds. The van der Waals surface area contributed by atoms with Gasteiger partial charge in [-0.05, 0) is 47.5 Å². The predicted octanol–water partition coefficient (Wildman–Crippen LogP) is 5.34. The summed E-state index contributed by atoms with van der Waals surface area (Å²) in [5.41, 5.74) is 5.42. The van der Waals surface area contributed by atoms with Gasteiger partial charge in [0.1, 0.15) is 5.75 Å². The van der Waals surface area contributed by atoms with E-state index in [1.807, 2.05) is 6.07 Å². The molecule has 3 aromatic rings. The minimum absolute atomic E-state index is 0.109. The number of primary amides is 1. The van der Waals surface area contributed by atoms with E-state index in [1.165, 1.54) is 43.4 Å². The molecule has 0 fully saturated rings. The molecule has 0 spiro atoms. The molecule has 0 saturated heterocycles. The maximum atomic E-state index is 14.0. The number of halogens is 4. The van der Waals surface area contributed by atoms with Crippen LogP contribution in [0.4, 0.5) is 18.9 Å². The average molecular weight is 475 g/mol. The molecule has 0 aliphatic carbocycles. The van der Waals surface area contributed by atoms with Crippen molar-refractivity contribution in [2.24, 2.45) is 5.73 Å². The highest BCUT2D eigenvalue weighted by Gasteiger charge is 2.36. The molecule has 33 heavy (non-hydrogen) atoms. The number of amides is 2. The largest absolute Gasteiger partial charge is 0.492 e. The van der Waals surface area contributed by atoms with E-state index in [2.05, 4.69) is 0 Å². The Morgan fingerprint density at radius 2 is 1.85 bits per heavy atom. The topological polar surface area (TPSA) is 72.6 Å².